The van der Waals surface area contributed by atoms with Crippen LogP contribution < -0.4 is 0 Å². The molecule has 1 aliphatic carbocycles. The zero-order valence-electron chi connectivity index (χ0n) is 17.8. The average molecular weight is 489 g/mol. The second kappa shape index (κ2) is 9.09. The van der Waals surface area contributed by atoms with E-state index in [2.05, 4.69) is 4.57 Å². The molecule has 2 aromatic carbocycles. The molecule has 5 rings (SSSR count). The van der Waals surface area contributed by atoms with Crippen LogP contribution >= 0.6 is 34.8 Å². The molecule has 4 nitrogen and oxygen atoms in total. The molecule has 0 N–H and O–H groups in total. The molecule has 1 unspecified atom stereocenters. The standard InChI is InChI=1S/C25H24Cl3N3O/c1-15-23(25-29-14-22(32-25)16-5-3-2-4-6-16)30-24(20-12-9-18(27)13-21(20)28)31(15)19-10-7-17(26)8-11-19/h7-13,16,22H,2-6,14H2,1H3. The van der Waals surface area contributed by atoms with Gasteiger partial charge in [0.25, 0.3) is 0 Å². The van der Waals surface area contributed by atoms with Gasteiger partial charge in [-0.05, 0) is 68.1 Å². The van der Waals surface area contributed by atoms with E-state index in [0.29, 0.717) is 39.3 Å². The fourth-order valence-electron chi connectivity index (χ4n) is 4.73. The van der Waals surface area contributed by atoms with Crippen LogP contribution in [0.25, 0.3) is 17.1 Å². The van der Waals surface area contributed by atoms with Crippen LogP contribution in [0.5, 0.6) is 0 Å². The van der Waals surface area contributed by atoms with Gasteiger partial charge in [-0.2, -0.15) is 0 Å². The average Bonchev–Trinajstić information content (AvgIpc) is 3.40. The van der Waals surface area contributed by atoms with E-state index in [-0.39, 0.29) is 6.10 Å². The minimum absolute atomic E-state index is 0.146. The predicted octanol–water partition coefficient (Wildman–Crippen LogP) is 7.53. The Kier molecular flexibility index (Phi) is 6.20. The first-order valence-electron chi connectivity index (χ1n) is 11.0. The summed E-state index contributed by atoms with van der Waals surface area (Å²) >= 11 is 18.9. The summed E-state index contributed by atoms with van der Waals surface area (Å²) in [5.41, 5.74) is 3.42. The van der Waals surface area contributed by atoms with Gasteiger partial charge in [-0.1, -0.05) is 54.1 Å². The number of benzene rings is 2. The lowest BCUT2D eigenvalue weighted by atomic mass is 9.85. The van der Waals surface area contributed by atoms with Gasteiger partial charge in [-0.3, -0.25) is 4.57 Å². The number of hydrogen-bond acceptors (Lipinski definition) is 3. The zero-order chi connectivity index (χ0) is 22.2. The minimum Gasteiger partial charge on any atom is -0.471 e. The van der Waals surface area contributed by atoms with E-state index in [9.17, 15) is 0 Å². The Morgan fingerprint density at radius 2 is 1.66 bits per heavy atom. The second-order valence-electron chi connectivity index (χ2n) is 8.51. The summed E-state index contributed by atoms with van der Waals surface area (Å²) in [5, 5.41) is 1.80. The molecule has 1 atom stereocenters. The summed E-state index contributed by atoms with van der Waals surface area (Å²) in [6.07, 6.45) is 6.47. The number of halogens is 3. The number of rotatable bonds is 4. The number of imidazole rings is 1. The lowest BCUT2D eigenvalue weighted by molar-refractivity contribution is 0.123. The maximum Gasteiger partial charge on any atom is 0.237 e. The summed E-state index contributed by atoms with van der Waals surface area (Å²) in [6.45, 7) is 2.73. The first kappa shape index (κ1) is 21.8. The van der Waals surface area contributed by atoms with Gasteiger partial charge in [0, 0.05) is 21.3 Å². The molecule has 0 spiro atoms. The molecule has 1 aliphatic heterocycles. The Morgan fingerprint density at radius 3 is 2.38 bits per heavy atom. The van der Waals surface area contributed by atoms with Crippen LogP contribution in [0.2, 0.25) is 15.1 Å². The maximum absolute atomic E-state index is 6.57. The fourth-order valence-corrected chi connectivity index (χ4v) is 5.35. The summed E-state index contributed by atoms with van der Waals surface area (Å²) in [6, 6.07) is 13.1. The molecule has 0 radical (unpaired) electrons. The smallest absolute Gasteiger partial charge is 0.237 e. The van der Waals surface area contributed by atoms with Crippen molar-refractivity contribution < 1.29 is 4.74 Å². The molecule has 3 aromatic rings. The van der Waals surface area contributed by atoms with Crippen LogP contribution in [0.1, 0.15) is 43.5 Å². The molecule has 0 bridgehead atoms. The highest BCUT2D eigenvalue weighted by atomic mass is 35.5. The van der Waals surface area contributed by atoms with Crippen molar-refractivity contribution in [2.24, 2.45) is 10.9 Å². The number of aliphatic imine (C=N–C) groups is 1. The summed E-state index contributed by atoms with van der Waals surface area (Å²) in [7, 11) is 0. The fraction of sp³-hybridized carbons (Fsp3) is 0.360. The van der Waals surface area contributed by atoms with Crippen LogP contribution in [0.15, 0.2) is 47.5 Å². The lowest BCUT2D eigenvalue weighted by Crippen LogP contribution is -2.26. The molecular weight excluding hydrogens is 465 g/mol. The van der Waals surface area contributed by atoms with Crippen LogP contribution in [0.3, 0.4) is 0 Å². The second-order valence-corrected chi connectivity index (χ2v) is 9.79. The van der Waals surface area contributed by atoms with Crippen molar-refractivity contribution in [2.45, 2.75) is 45.1 Å². The van der Waals surface area contributed by atoms with Gasteiger partial charge >= 0.3 is 0 Å². The molecule has 7 heteroatoms. The van der Waals surface area contributed by atoms with E-state index in [1.165, 1.54) is 32.1 Å². The van der Waals surface area contributed by atoms with Crippen LogP contribution in [-0.4, -0.2) is 28.1 Å². The van der Waals surface area contributed by atoms with Gasteiger partial charge < -0.3 is 4.74 Å². The third kappa shape index (κ3) is 4.16. The quantitative estimate of drug-likeness (QED) is 0.380. The SMILES string of the molecule is Cc1c(C2=NCC(C3CCCCC3)O2)nc(-c2ccc(Cl)cc2Cl)n1-c1ccc(Cl)cc1. The van der Waals surface area contributed by atoms with Gasteiger partial charge in [0.2, 0.25) is 5.90 Å². The molecule has 2 aliphatic rings. The molecular formula is C25H24Cl3N3O. The lowest BCUT2D eigenvalue weighted by Gasteiger charge is -2.26. The largest absolute Gasteiger partial charge is 0.471 e. The molecule has 0 amide bonds. The third-order valence-corrected chi connectivity index (χ3v) is 7.22. The highest BCUT2D eigenvalue weighted by Crippen LogP contribution is 2.35. The molecule has 1 aromatic heterocycles. The van der Waals surface area contributed by atoms with E-state index in [1.807, 2.05) is 43.3 Å². The predicted molar refractivity (Wildman–Crippen MR) is 132 cm³/mol. The Labute approximate surface area is 203 Å². The Hall–Kier alpha value is -2.01. The normalized spacial score (nSPS) is 19.1. The monoisotopic (exact) mass is 487 g/mol. The minimum atomic E-state index is 0.146. The topological polar surface area (TPSA) is 39.4 Å². The van der Waals surface area contributed by atoms with Crippen molar-refractivity contribution >= 4 is 40.7 Å². The first-order chi connectivity index (χ1) is 15.5. The molecule has 2 heterocycles. The van der Waals surface area contributed by atoms with Crippen LogP contribution in [0, 0.1) is 12.8 Å². The van der Waals surface area contributed by atoms with Crippen molar-refractivity contribution in [3.63, 3.8) is 0 Å². The van der Waals surface area contributed by atoms with Crippen LogP contribution in [0.4, 0.5) is 0 Å². The van der Waals surface area contributed by atoms with Gasteiger partial charge in [-0.15, -0.1) is 0 Å². The van der Waals surface area contributed by atoms with Crippen molar-refractivity contribution in [3.8, 4) is 17.1 Å². The van der Waals surface area contributed by atoms with E-state index in [4.69, 9.17) is 49.5 Å². The summed E-state index contributed by atoms with van der Waals surface area (Å²) in [5.74, 6) is 1.92. The highest BCUT2D eigenvalue weighted by Gasteiger charge is 2.33. The number of nitrogens with zero attached hydrogens (tertiary/aromatic N) is 3. The van der Waals surface area contributed by atoms with Gasteiger partial charge in [0.15, 0.2) is 0 Å². The van der Waals surface area contributed by atoms with Gasteiger partial charge in [0.05, 0.1) is 17.3 Å². The Morgan fingerprint density at radius 1 is 0.938 bits per heavy atom. The first-order valence-corrected chi connectivity index (χ1v) is 12.2. The van der Waals surface area contributed by atoms with Crippen molar-refractivity contribution in [1.82, 2.24) is 9.55 Å². The maximum atomic E-state index is 6.57. The van der Waals surface area contributed by atoms with E-state index in [0.717, 1.165) is 22.6 Å². The third-order valence-electron chi connectivity index (χ3n) is 6.42. The Balaban J connectivity index is 1.56. The molecule has 1 fully saturated rings. The van der Waals surface area contributed by atoms with Crippen molar-refractivity contribution in [3.05, 3.63) is 68.9 Å². The van der Waals surface area contributed by atoms with E-state index >= 15 is 0 Å². The number of hydrogen-bond donors (Lipinski definition) is 0. The van der Waals surface area contributed by atoms with E-state index < -0.39 is 0 Å². The van der Waals surface area contributed by atoms with Crippen molar-refractivity contribution in [1.29, 1.82) is 0 Å². The van der Waals surface area contributed by atoms with Crippen molar-refractivity contribution in [2.75, 3.05) is 6.54 Å². The summed E-state index contributed by atoms with van der Waals surface area (Å²) < 4.78 is 8.45. The van der Waals surface area contributed by atoms with Gasteiger partial charge in [-0.25, -0.2) is 9.98 Å². The molecule has 1 saturated carbocycles. The molecule has 166 valence electrons. The summed E-state index contributed by atoms with van der Waals surface area (Å²) in [4.78, 5) is 9.74. The Bertz CT molecular complexity index is 1160. The van der Waals surface area contributed by atoms with Gasteiger partial charge in [0.1, 0.15) is 17.6 Å². The van der Waals surface area contributed by atoms with E-state index in [1.54, 1.807) is 6.07 Å². The highest BCUT2D eigenvalue weighted by molar-refractivity contribution is 6.36. The van der Waals surface area contributed by atoms with Crippen LogP contribution in [-0.2, 0) is 4.74 Å². The molecule has 0 saturated heterocycles. The molecule has 32 heavy (non-hydrogen) atoms. The number of ether oxygens (including phenoxy) is 1. The number of aromatic nitrogens is 2. The zero-order valence-corrected chi connectivity index (χ0v) is 20.1.